The van der Waals surface area contributed by atoms with Crippen molar-refractivity contribution in [3.8, 4) is 5.69 Å². The molecule has 4 nitrogen and oxygen atoms in total. The van der Waals surface area contributed by atoms with Gasteiger partial charge < -0.3 is 0 Å². The molecule has 0 radical (unpaired) electrons. The van der Waals surface area contributed by atoms with Crippen LogP contribution in [0.5, 0.6) is 0 Å². The molecule has 0 fully saturated rings. The van der Waals surface area contributed by atoms with Crippen LogP contribution in [0, 0.1) is 0 Å². The van der Waals surface area contributed by atoms with Gasteiger partial charge in [0.25, 0.3) is 0 Å². The lowest BCUT2D eigenvalue weighted by molar-refractivity contribution is 0.755. The number of thioether (sulfide) groups is 1. The fourth-order valence-electron chi connectivity index (χ4n) is 2.02. The zero-order valence-corrected chi connectivity index (χ0v) is 14.0. The van der Waals surface area contributed by atoms with Gasteiger partial charge in [-0.3, -0.25) is 0 Å². The van der Waals surface area contributed by atoms with E-state index < -0.39 is 0 Å². The Kier molecular flexibility index (Phi) is 4.66. The van der Waals surface area contributed by atoms with Crippen molar-refractivity contribution in [2.45, 2.75) is 17.3 Å². The van der Waals surface area contributed by atoms with E-state index >= 15 is 0 Å². The maximum absolute atomic E-state index is 6.25. The van der Waals surface area contributed by atoms with Crippen molar-refractivity contribution >= 4 is 35.0 Å². The van der Waals surface area contributed by atoms with Crippen LogP contribution in [-0.4, -0.2) is 20.2 Å². The lowest BCUT2D eigenvalue weighted by Crippen LogP contribution is -2.00. The Bertz CT molecular complexity index is 773. The van der Waals surface area contributed by atoms with E-state index in [1.165, 1.54) is 0 Å². The Morgan fingerprint density at radius 2 is 1.77 bits per heavy atom. The molecule has 1 aromatic heterocycles. The molecular weight excluding hydrogens is 339 g/mol. The van der Waals surface area contributed by atoms with Crippen LogP contribution in [-0.2, 0) is 0 Å². The fourth-order valence-corrected chi connectivity index (χ4v) is 3.49. The summed E-state index contributed by atoms with van der Waals surface area (Å²) >= 11 is 13.7. The van der Waals surface area contributed by atoms with Gasteiger partial charge in [0.15, 0.2) is 0 Å². The molecule has 3 aromatic rings. The second-order valence-electron chi connectivity index (χ2n) is 4.63. The van der Waals surface area contributed by atoms with Crippen molar-refractivity contribution in [1.82, 2.24) is 20.2 Å². The molecule has 2 aromatic carbocycles. The molecule has 0 aliphatic rings. The average molecular weight is 351 g/mol. The summed E-state index contributed by atoms with van der Waals surface area (Å²) in [5.74, 6) is 0. The van der Waals surface area contributed by atoms with Crippen molar-refractivity contribution in [2.24, 2.45) is 0 Å². The third-order valence-electron chi connectivity index (χ3n) is 3.14. The summed E-state index contributed by atoms with van der Waals surface area (Å²) in [7, 11) is 0. The lowest BCUT2D eigenvalue weighted by Gasteiger charge is -2.12. The maximum atomic E-state index is 6.25. The number of tetrazole rings is 1. The van der Waals surface area contributed by atoms with Gasteiger partial charge in [-0.2, -0.15) is 4.68 Å². The van der Waals surface area contributed by atoms with Gasteiger partial charge in [0.05, 0.1) is 5.69 Å². The van der Waals surface area contributed by atoms with Crippen LogP contribution in [0.15, 0.2) is 53.7 Å². The number of hydrogen-bond donors (Lipinski definition) is 0. The molecule has 0 saturated heterocycles. The minimum absolute atomic E-state index is 0.130. The Hall–Kier alpha value is -1.56. The van der Waals surface area contributed by atoms with Gasteiger partial charge in [-0.1, -0.05) is 53.2 Å². The summed E-state index contributed by atoms with van der Waals surface area (Å²) < 4.78 is 1.69. The van der Waals surface area contributed by atoms with Crippen LogP contribution in [0.3, 0.4) is 0 Å². The van der Waals surface area contributed by atoms with Crippen LogP contribution < -0.4 is 0 Å². The molecule has 0 amide bonds. The van der Waals surface area contributed by atoms with E-state index in [0.29, 0.717) is 10.2 Å². The highest BCUT2D eigenvalue weighted by molar-refractivity contribution is 7.99. The van der Waals surface area contributed by atoms with Gasteiger partial charge in [-0.15, -0.1) is 5.10 Å². The number of hydrogen-bond acceptors (Lipinski definition) is 4. The molecule has 3 rings (SSSR count). The molecule has 0 bridgehead atoms. The summed E-state index contributed by atoms with van der Waals surface area (Å²) in [4.78, 5) is 0. The molecule has 1 atom stereocenters. The Morgan fingerprint density at radius 1 is 1.05 bits per heavy atom. The maximum Gasteiger partial charge on any atom is 0.214 e. The fraction of sp³-hybridized carbons (Fsp3) is 0.133. The van der Waals surface area contributed by atoms with Crippen LogP contribution in [0.25, 0.3) is 5.69 Å². The summed E-state index contributed by atoms with van der Waals surface area (Å²) in [6, 6.07) is 15.2. The van der Waals surface area contributed by atoms with E-state index in [4.69, 9.17) is 23.2 Å². The first-order chi connectivity index (χ1) is 10.6. The van der Waals surface area contributed by atoms with Crippen molar-refractivity contribution in [3.05, 3.63) is 64.1 Å². The normalized spacial score (nSPS) is 12.3. The zero-order valence-electron chi connectivity index (χ0n) is 11.6. The van der Waals surface area contributed by atoms with E-state index in [0.717, 1.165) is 16.3 Å². The van der Waals surface area contributed by atoms with Gasteiger partial charge in [0, 0.05) is 15.3 Å². The number of benzene rings is 2. The predicted octanol–water partition coefficient (Wildman–Crippen LogP) is 4.82. The largest absolute Gasteiger partial charge is 0.214 e. The minimum atomic E-state index is 0.130. The monoisotopic (exact) mass is 350 g/mol. The van der Waals surface area contributed by atoms with Crippen molar-refractivity contribution in [2.75, 3.05) is 0 Å². The van der Waals surface area contributed by atoms with E-state index in [2.05, 4.69) is 22.4 Å². The van der Waals surface area contributed by atoms with Crippen LogP contribution >= 0.6 is 35.0 Å². The highest BCUT2D eigenvalue weighted by atomic mass is 35.5. The summed E-state index contributed by atoms with van der Waals surface area (Å²) in [6.45, 7) is 2.08. The molecule has 22 heavy (non-hydrogen) atoms. The summed E-state index contributed by atoms with van der Waals surface area (Å²) in [5.41, 5.74) is 1.92. The standard InChI is InChI=1S/C15H12Cl2N4S/c1-10(13-4-2-3-5-14(13)17)22-15-18-19-20-21(15)12-8-6-11(16)7-9-12/h2-10H,1H3/t10-/m0/s1. The van der Waals surface area contributed by atoms with E-state index in [1.54, 1.807) is 16.4 Å². The van der Waals surface area contributed by atoms with Crippen LogP contribution in [0.4, 0.5) is 0 Å². The predicted molar refractivity (Wildman–Crippen MR) is 89.9 cm³/mol. The second kappa shape index (κ2) is 6.69. The number of halogens is 2. The smallest absolute Gasteiger partial charge is 0.187 e. The Labute approximate surface area is 142 Å². The lowest BCUT2D eigenvalue weighted by atomic mass is 10.2. The van der Waals surface area contributed by atoms with Crippen LogP contribution in [0.1, 0.15) is 17.7 Å². The van der Waals surface area contributed by atoms with Gasteiger partial charge in [0.2, 0.25) is 5.16 Å². The quantitative estimate of drug-likeness (QED) is 0.632. The molecule has 112 valence electrons. The number of nitrogens with zero attached hydrogens (tertiary/aromatic N) is 4. The zero-order chi connectivity index (χ0) is 15.5. The first kappa shape index (κ1) is 15.3. The number of aromatic nitrogens is 4. The first-order valence-corrected chi connectivity index (χ1v) is 8.24. The molecule has 0 saturated carbocycles. The summed E-state index contributed by atoms with van der Waals surface area (Å²) in [5, 5.41) is 14.2. The summed E-state index contributed by atoms with van der Waals surface area (Å²) in [6.07, 6.45) is 0. The second-order valence-corrected chi connectivity index (χ2v) is 6.78. The Balaban J connectivity index is 1.86. The minimum Gasteiger partial charge on any atom is -0.187 e. The third-order valence-corrected chi connectivity index (χ3v) is 4.81. The molecular formula is C15H12Cl2N4S. The average Bonchev–Trinajstić information content (AvgIpc) is 2.96. The molecule has 0 spiro atoms. The Morgan fingerprint density at radius 3 is 2.50 bits per heavy atom. The first-order valence-electron chi connectivity index (χ1n) is 6.60. The van der Waals surface area contributed by atoms with Gasteiger partial charge in [0.1, 0.15) is 0 Å². The molecule has 0 aliphatic carbocycles. The molecule has 7 heteroatoms. The van der Waals surface area contributed by atoms with Crippen molar-refractivity contribution in [3.63, 3.8) is 0 Å². The molecule has 0 unspecified atom stereocenters. The molecule has 1 heterocycles. The van der Waals surface area contributed by atoms with Gasteiger partial charge >= 0.3 is 0 Å². The molecule has 0 aliphatic heterocycles. The van der Waals surface area contributed by atoms with E-state index in [-0.39, 0.29) is 5.25 Å². The number of rotatable bonds is 4. The van der Waals surface area contributed by atoms with Crippen molar-refractivity contribution < 1.29 is 0 Å². The highest BCUT2D eigenvalue weighted by Crippen LogP contribution is 2.37. The third kappa shape index (κ3) is 3.27. The van der Waals surface area contributed by atoms with Crippen LogP contribution in [0.2, 0.25) is 10.0 Å². The van der Waals surface area contributed by atoms with Gasteiger partial charge in [-0.05, 0) is 53.2 Å². The van der Waals surface area contributed by atoms with Gasteiger partial charge in [-0.25, -0.2) is 0 Å². The topological polar surface area (TPSA) is 43.6 Å². The SMILES string of the molecule is C[C@H](Sc1nnnn1-c1ccc(Cl)cc1)c1ccccc1Cl. The van der Waals surface area contributed by atoms with E-state index in [9.17, 15) is 0 Å². The van der Waals surface area contributed by atoms with E-state index in [1.807, 2.05) is 48.5 Å². The highest BCUT2D eigenvalue weighted by Gasteiger charge is 2.16. The molecule has 0 N–H and O–H groups in total. The van der Waals surface area contributed by atoms with Crippen molar-refractivity contribution in [1.29, 1.82) is 0 Å².